The average Bonchev–Trinajstić information content (AvgIpc) is 2.46. The fourth-order valence-corrected chi connectivity index (χ4v) is 1.32. The molecule has 0 heterocycles. The predicted octanol–water partition coefficient (Wildman–Crippen LogP) is 0.378. The van der Waals surface area contributed by atoms with Crippen molar-refractivity contribution in [2.45, 2.75) is 12.5 Å². The van der Waals surface area contributed by atoms with Gasteiger partial charge < -0.3 is 0 Å². The molecule has 0 aliphatic heterocycles. The molecule has 1 aliphatic rings. The summed E-state index contributed by atoms with van der Waals surface area (Å²) in [5.74, 6) is 0. The van der Waals surface area contributed by atoms with Crippen molar-refractivity contribution in [1.82, 2.24) is 4.72 Å². The van der Waals surface area contributed by atoms with Crippen LogP contribution in [0.4, 0.5) is 0 Å². The summed E-state index contributed by atoms with van der Waals surface area (Å²) < 4.78 is 23.8. The van der Waals surface area contributed by atoms with Gasteiger partial charge in [-0.25, -0.2) is 13.1 Å². The van der Waals surface area contributed by atoms with E-state index in [0.29, 0.717) is 0 Å². The minimum atomic E-state index is -3.24. The number of hydrogen-bond donors (Lipinski definition) is 1. The van der Waals surface area contributed by atoms with Crippen LogP contribution in [0.2, 0.25) is 0 Å². The molecule has 0 aromatic rings. The number of nitrogens with one attached hydrogen (secondary N) is 1. The van der Waals surface area contributed by atoms with Crippen molar-refractivity contribution >= 4 is 10.0 Å². The lowest BCUT2D eigenvalue weighted by molar-refractivity contribution is 0.591. The quantitative estimate of drug-likeness (QED) is 0.605. The second-order valence-corrected chi connectivity index (χ2v) is 3.90. The standard InChI is InChI=1S/C6H9NO2S/c1-3-10(8,9)7-6-4-5(6)2/h3,6-7H,1-2,4H2. The monoisotopic (exact) mass is 159 g/mol. The van der Waals surface area contributed by atoms with Crippen LogP contribution in [-0.2, 0) is 10.0 Å². The molecule has 10 heavy (non-hydrogen) atoms. The third-order valence-corrected chi connectivity index (χ3v) is 2.38. The number of rotatable bonds is 3. The van der Waals surface area contributed by atoms with E-state index in [0.717, 1.165) is 17.4 Å². The van der Waals surface area contributed by atoms with E-state index < -0.39 is 10.0 Å². The van der Waals surface area contributed by atoms with E-state index in [1.807, 2.05) is 0 Å². The highest BCUT2D eigenvalue weighted by Gasteiger charge is 2.30. The Morgan fingerprint density at radius 2 is 2.20 bits per heavy atom. The fraction of sp³-hybridized carbons (Fsp3) is 0.333. The van der Waals surface area contributed by atoms with Gasteiger partial charge in [-0.1, -0.05) is 18.7 Å². The molecule has 1 rings (SSSR count). The summed E-state index contributed by atoms with van der Waals surface area (Å²) in [6.07, 6.45) is 0.757. The topological polar surface area (TPSA) is 46.2 Å². The summed E-state index contributed by atoms with van der Waals surface area (Å²) in [5, 5.41) is 0.901. The molecule has 0 aromatic heterocycles. The van der Waals surface area contributed by atoms with Gasteiger partial charge in [-0.05, 0) is 6.42 Å². The van der Waals surface area contributed by atoms with Crippen molar-refractivity contribution < 1.29 is 8.42 Å². The van der Waals surface area contributed by atoms with E-state index in [-0.39, 0.29) is 6.04 Å². The molecular formula is C6H9NO2S. The Kier molecular flexibility index (Phi) is 1.66. The third kappa shape index (κ3) is 1.68. The molecule has 0 aromatic carbocycles. The SMILES string of the molecule is C=CS(=O)(=O)NC1CC1=C. The Labute approximate surface area is 60.5 Å². The molecule has 1 atom stereocenters. The van der Waals surface area contributed by atoms with Crippen LogP contribution < -0.4 is 4.72 Å². The van der Waals surface area contributed by atoms with Crippen LogP contribution in [0.5, 0.6) is 0 Å². The molecule has 1 unspecified atom stereocenters. The number of sulfonamides is 1. The van der Waals surface area contributed by atoms with Crippen LogP contribution in [0.15, 0.2) is 24.1 Å². The van der Waals surface area contributed by atoms with Crippen LogP contribution in [0.1, 0.15) is 6.42 Å². The summed E-state index contributed by atoms with van der Waals surface area (Å²) >= 11 is 0. The van der Waals surface area contributed by atoms with Gasteiger partial charge in [0.2, 0.25) is 10.0 Å². The van der Waals surface area contributed by atoms with Gasteiger partial charge in [0.25, 0.3) is 0 Å². The maximum absolute atomic E-state index is 10.7. The molecule has 0 radical (unpaired) electrons. The number of hydrogen-bond acceptors (Lipinski definition) is 2. The highest BCUT2D eigenvalue weighted by atomic mass is 32.2. The Morgan fingerprint density at radius 1 is 1.70 bits per heavy atom. The minimum Gasteiger partial charge on any atom is -0.208 e. The molecule has 56 valence electrons. The van der Waals surface area contributed by atoms with E-state index in [4.69, 9.17) is 0 Å². The highest BCUT2D eigenvalue weighted by Crippen LogP contribution is 2.27. The van der Waals surface area contributed by atoms with Gasteiger partial charge in [0, 0.05) is 11.4 Å². The van der Waals surface area contributed by atoms with Crippen molar-refractivity contribution in [2.24, 2.45) is 0 Å². The van der Waals surface area contributed by atoms with Gasteiger partial charge in [-0.2, -0.15) is 0 Å². The second kappa shape index (κ2) is 2.21. The van der Waals surface area contributed by atoms with Gasteiger partial charge in [-0.15, -0.1) is 0 Å². The lowest BCUT2D eigenvalue weighted by Gasteiger charge is -1.95. The first-order chi connectivity index (χ1) is 4.55. The van der Waals surface area contributed by atoms with E-state index in [2.05, 4.69) is 17.9 Å². The molecule has 1 fully saturated rings. The van der Waals surface area contributed by atoms with Gasteiger partial charge in [0.1, 0.15) is 0 Å². The molecule has 1 aliphatic carbocycles. The molecule has 1 saturated carbocycles. The first-order valence-corrected chi connectivity index (χ1v) is 4.42. The zero-order valence-corrected chi connectivity index (χ0v) is 6.32. The third-order valence-electron chi connectivity index (χ3n) is 1.32. The fourth-order valence-electron chi connectivity index (χ4n) is 0.575. The second-order valence-electron chi connectivity index (χ2n) is 2.24. The normalized spacial score (nSPS) is 24.4. The van der Waals surface area contributed by atoms with Crippen molar-refractivity contribution in [3.8, 4) is 0 Å². The summed E-state index contributed by atoms with van der Waals surface area (Å²) in [4.78, 5) is 0. The summed E-state index contributed by atoms with van der Waals surface area (Å²) in [5.41, 5.74) is 0.936. The maximum atomic E-state index is 10.7. The minimum absolute atomic E-state index is 0.0389. The summed E-state index contributed by atoms with van der Waals surface area (Å²) in [6.45, 7) is 6.76. The first-order valence-electron chi connectivity index (χ1n) is 2.87. The van der Waals surface area contributed by atoms with E-state index >= 15 is 0 Å². The van der Waals surface area contributed by atoms with Crippen molar-refractivity contribution in [3.63, 3.8) is 0 Å². The summed E-state index contributed by atoms with van der Waals surface area (Å²) in [7, 11) is -3.24. The predicted molar refractivity (Wildman–Crippen MR) is 39.8 cm³/mol. The van der Waals surface area contributed by atoms with Crippen molar-refractivity contribution in [1.29, 1.82) is 0 Å². The van der Waals surface area contributed by atoms with Crippen LogP contribution in [0, 0.1) is 0 Å². The molecule has 1 N–H and O–H groups in total. The van der Waals surface area contributed by atoms with Crippen LogP contribution in [0.3, 0.4) is 0 Å². The Bertz CT molecular complexity index is 265. The Morgan fingerprint density at radius 3 is 2.50 bits per heavy atom. The van der Waals surface area contributed by atoms with Gasteiger partial charge in [0.15, 0.2) is 0 Å². The summed E-state index contributed by atoms with van der Waals surface area (Å²) in [6, 6.07) is -0.0389. The molecule has 0 saturated heterocycles. The highest BCUT2D eigenvalue weighted by molar-refractivity contribution is 7.92. The molecule has 0 spiro atoms. The van der Waals surface area contributed by atoms with Gasteiger partial charge >= 0.3 is 0 Å². The molecule has 0 bridgehead atoms. The van der Waals surface area contributed by atoms with Crippen molar-refractivity contribution in [3.05, 3.63) is 24.1 Å². The molecule has 3 nitrogen and oxygen atoms in total. The molecule has 4 heteroatoms. The zero-order chi connectivity index (χ0) is 7.78. The lowest BCUT2D eigenvalue weighted by atomic mass is 10.7. The van der Waals surface area contributed by atoms with Gasteiger partial charge in [-0.3, -0.25) is 0 Å². The van der Waals surface area contributed by atoms with E-state index in [1.54, 1.807) is 0 Å². The first kappa shape index (κ1) is 7.50. The average molecular weight is 159 g/mol. The van der Waals surface area contributed by atoms with Crippen molar-refractivity contribution in [2.75, 3.05) is 0 Å². The Balaban J connectivity index is 2.54. The Hall–Kier alpha value is -0.610. The van der Waals surface area contributed by atoms with Gasteiger partial charge in [0.05, 0.1) is 0 Å². The zero-order valence-electron chi connectivity index (χ0n) is 5.50. The van der Waals surface area contributed by atoms with Crippen LogP contribution in [-0.4, -0.2) is 14.5 Å². The van der Waals surface area contributed by atoms with E-state index in [9.17, 15) is 8.42 Å². The largest absolute Gasteiger partial charge is 0.233 e. The van der Waals surface area contributed by atoms with Crippen LogP contribution in [0.25, 0.3) is 0 Å². The lowest BCUT2D eigenvalue weighted by Crippen LogP contribution is -2.23. The van der Waals surface area contributed by atoms with E-state index in [1.165, 1.54) is 0 Å². The smallest absolute Gasteiger partial charge is 0.208 e. The molecular weight excluding hydrogens is 150 g/mol. The van der Waals surface area contributed by atoms with Crippen LogP contribution >= 0.6 is 0 Å². The maximum Gasteiger partial charge on any atom is 0.233 e. The molecule has 0 amide bonds.